The quantitative estimate of drug-likeness (QED) is 0.807. The third-order valence-electron chi connectivity index (χ3n) is 2.44. The molecule has 0 saturated heterocycles. The van der Waals surface area contributed by atoms with E-state index in [1.165, 1.54) is 10.8 Å². The lowest BCUT2D eigenvalue weighted by molar-refractivity contribution is 0.502. The lowest BCUT2D eigenvalue weighted by Crippen LogP contribution is -1.87. The van der Waals surface area contributed by atoms with Gasteiger partial charge in [0.25, 0.3) is 0 Å². The van der Waals surface area contributed by atoms with Crippen LogP contribution in [0, 0.1) is 0 Å². The van der Waals surface area contributed by atoms with E-state index in [4.69, 9.17) is 4.89 Å². The molecule has 2 nitrogen and oxygen atoms in total. The molecule has 3 heteroatoms. The summed E-state index contributed by atoms with van der Waals surface area (Å²) < 4.78 is 10.6. The van der Waals surface area contributed by atoms with Crippen LogP contribution in [0.1, 0.15) is 5.56 Å². The van der Waals surface area contributed by atoms with Gasteiger partial charge in [0.2, 0.25) is 0 Å². The van der Waals surface area contributed by atoms with Crippen molar-refractivity contribution in [1.29, 1.82) is 0 Å². The van der Waals surface area contributed by atoms with Crippen molar-refractivity contribution in [3.05, 3.63) is 48.0 Å². The zero-order valence-electron chi connectivity index (χ0n) is 8.31. The molecule has 15 heavy (non-hydrogen) atoms. The van der Waals surface area contributed by atoms with Crippen LogP contribution < -0.4 is 0 Å². The van der Waals surface area contributed by atoms with Crippen molar-refractivity contribution in [1.82, 2.24) is 0 Å². The van der Waals surface area contributed by atoms with Crippen molar-refractivity contribution in [2.24, 2.45) is 0 Å². The van der Waals surface area contributed by atoms with Gasteiger partial charge in [-0.1, -0.05) is 42.5 Å². The Morgan fingerprint density at radius 2 is 1.80 bits per heavy atom. The van der Waals surface area contributed by atoms with E-state index in [2.05, 4.69) is 24.3 Å². The Hall–Kier alpha value is -1.11. The summed E-state index contributed by atoms with van der Waals surface area (Å²) >= 11 is 0. The number of fused-ring (bicyclic) bond motifs is 1. The van der Waals surface area contributed by atoms with Crippen molar-refractivity contribution >= 4 is 18.8 Å². The van der Waals surface area contributed by atoms with Crippen LogP contribution in [0.5, 0.6) is 0 Å². The second-order valence-corrected chi connectivity index (χ2v) is 4.86. The first-order chi connectivity index (χ1) is 7.25. The molecule has 0 aliphatic rings. The smallest absolute Gasteiger partial charge is 0.189 e. The monoisotopic (exact) mass is 220 g/mol. The summed E-state index contributed by atoms with van der Waals surface area (Å²) in [6.07, 6.45) is 1.06. The summed E-state index contributed by atoms with van der Waals surface area (Å²) in [6, 6.07) is 14.3. The van der Waals surface area contributed by atoms with Gasteiger partial charge < -0.3 is 4.89 Å². The fourth-order valence-corrected chi connectivity index (χ4v) is 2.15. The van der Waals surface area contributed by atoms with E-state index < -0.39 is 8.03 Å². The molecule has 78 valence electrons. The van der Waals surface area contributed by atoms with Crippen molar-refractivity contribution in [3.63, 3.8) is 0 Å². The number of hydrogen-bond acceptors (Lipinski definition) is 1. The molecule has 0 heterocycles. The Bertz CT molecular complexity index is 494. The summed E-state index contributed by atoms with van der Waals surface area (Å²) in [6.45, 7) is 0. The first-order valence-electron chi connectivity index (χ1n) is 4.95. The highest BCUT2D eigenvalue weighted by molar-refractivity contribution is 7.37. The number of aryl methyl sites for hydroxylation is 1. The minimum atomic E-state index is -2.33. The van der Waals surface area contributed by atoms with E-state index in [-0.39, 0.29) is 0 Å². The van der Waals surface area contributed by atoms with Gasteiger partial charge in [-0.3, -0.25) is 4.57 Å². The molecule has 0 amide bonds. The topological polar surface area (TPSA) is 37.3 Å². The summed E-state index contributed by atoms with van der Waals surface area (Å²) in [7, 11) is -2.33. The fraction of sp³-hybridized carbons (Fsp3) is 0.167. The van der Waals surface area contributed by atoms with Gasteiger partial charge in [0.05, 0.1) is 0 Å². The van der Waals surface area contributed by atoms with Gasteiger partial charge in [-0.25, -0.2) is 0 Å². The standard InChI is InChI=1S/C12H13O2P/c13-15(14)8-7-10-5-6-11-3-1-2-4-12(11)9-10/h1-6,9,15H,7-8H2,(H,13,14). The molecule has 0 spiro atoms. The van der Waals surface area contributed by atoms with E-state index in [9.17, 15) is 4.57 Å². The Kier molecular flexibility index (Phi) is 3.20. The second kappa shape index (κ2) is 4.61. The molecular weight excluding hydrogens is 207 g/mol. The highest BCUT2D eigenvalue weighted by Crippen LogP contribution is 2.19. The van der Waals surface area contributed by atoms with Gasteiger partial charge in [-0.2, -0.15) is 0 Å². The molecular formula is C12H13O2P. The predicted octanol–water partition coefficient (Wildman–Crippen LogP) is 2.85. The second-order valence-electron chi connectivity index (χ2n) is 3.58. The maximum Gasteiger partial charge on any atom is 0.189 e. The summed E-state index contributed by atoms with van der Waals surface area (Å²) in [5.74, 6) is 0. The average molecular weight is 220 g/mol. The molecule has 0 aliphatic carbocycles. The highest BCUT2D eigenvalue weighted by atomic mass is 31.1. The van der Waals surface area contributed by atoms with Crippen LogP contribution in [-0.4, -0.2) is 11.1 Å². The largest absolute Gasteiger partial charge is 0.346 e. The van der Waals surface area contributed by atoms with Crippen LogP contribution in [0.4, 0.5) is 0 Å². The number of benzene rings is 2. The SMILES string of the molecule is O=[PH](O)CCc1ccc2ccccc2c1. The average Bonchev–Trinajstić information content (AvgIpc) is 2.26. The van der Waals surface area contributed by atoms with Crippen LogP contribution in [0.25, 0.3) is 10.8 Å². The maximum absolute atomic E-state index is 10.6. The third-order valence-corrected chi connectivity index (χ3v) is 3.12. The van der Waals surface area contributed by atoms with Crippen molar-refractivity contribution < 1.29 is 9.46 Å². The highest BCUT2D eigenvalue weighted by Gasteiger charge is 1.98. The van der Waals surface area contributed by atoms with E-state index in [1.54, 1.807) is 0 Å². The molecule has 0 fully saturated rings. The van der Waals surface area contributed by atoms with Gasteiger partial charge in [0, 0.05) is 6.16 Å². The van der Waals surface area contributed by atoms with Crippen LogP contribution >= 0.6 is 8.03 Å². The van der Waals surface area contributed by atoms with E-state index >= 15 is 0 Å². The summed E-state index contributed by atoms with van der Waals surface area (Å²) in [4.78, 5) is 8.77. The van der Waals surface area contributed by atoms with Gasteiger partial charge in [0.15, 0.2) is 8.03 Å². The molecule has 0 aliphatic heterocycles. The normalized spacial score (nSPS) is 12.9. The van der Waals surface area contributed by atoms with Crippen molar-refractivity contribution in [3.8, 4) is 0 Å². The number of hydrogen-bond donors (Lipinski definition) is 1. The minimum absolute atomic E-state index is 0.378. The van der Waals surface area contributed by atoms with Gasteiger partial charge in [-0.05, 0) is 22.8 Å². The Morgan fingerprint density at radius 3 is 2.53 bits per heavy atom. The zero-order chi connectivity index (χ0) is 10.7. The summed E-state index contributed by atoms with van der Waals surface area (Å²) in [5.41, 5.74) is 1.13. The van der Waals surface area contributed by atoms with Gasteiger partial charge in [0.1, 0.15) is 0 Å². The van der Waals surface area contributed by atoms with Crippen LogP contribution in [0.15, 0.2) is 42.5 Å². The molecule has 0 aromatic heterocycles. The molecule has 1 unspecified atom stereocenters. The Morgan fingerprint density at radius 1 is 1.07 bits per heavy atom. The molecule has 0 saturated carbocycles. The van der Waals surface area contributed by atoms with Crippen LogP contribution in [0.2, 0.25) is 0 Å². The van der Waals surface area contributed by atoms with E-state index in [0.29, 0.717) is 12.6 Å². The van der Waals surface area contributed by atoms with E-state index in [1.807, 2.05) is 18.2 Å². The van der Waals surface area contributed by atoms with Crippen molar-refractivity contribution in [2.45, 2.75) is 6.42 Å². The third kappa shape index (κ3) is 2.68. The van der Waals surface area contributed by atoms with Gasteiger partial charge >= 0.3 is 0 Å². The molecule has 0 bridgehead atoms. The Labute approximate surface area is 89.4 Å². The summed E-state index contributed by atoms with van der Waals surface area (Å²) in [5, 5.41) is 2.39. The van der Waals surface area contributed by atoms with Gasteiger partial charge in [-0.15, -0.1) is 0 Å². The lowest BCUT2D eigenvalue weighted by atomic mass is 10.1. The first-order valence-corrected chi connectivity index (χ1v) is 6.51. The fourth-order valence-electron chi connectivity index (χ4n) is 1.65. The number of rotatable bonds is 3. The molecule has 1 atom stereocenters. The molecule has 2 aromatic rings. The maximum atomic E-state index is 10.6. The predicted molar refractivity (Wildman–Crippen MR) is 63.7 cm³/mol. The van der Waals surface area contributed by atoms with Crippen LogP contribution in [-0.2, 0) is 11.0 Å². The van der Waals surface area contributed by atoms with E-state index in [0.717, 1.165) is 5.56 Å². The van der Waals surface area contributed by atoms with Crippen molar-refractivity contribution in [2.75, 3.05) is 6.16 Å². The zero-order valence-corrected chi connectivity index (χ0v) is 9.31. The molecule has 2 aromatic carbocycles. The molecule has 1 N–H and O–H groups in total. The molecule has 2 rings (SSSR count). The first kappa shape index (κ1) is 10.4. The minimum Gasteiger partial charge on any atom is -0.346 e. The van der Waals surface area contributed by atoms with Crippen LogP contribution in [0.3, 0.4) is 0 Å². The lowest BCUT2D eigenvalue weighted by Gasteiger charge is -2.02. The Balaban J connectivity index is 2.26. The molecule has 0 radical (unpaired) electrons.